The maximum absolute atomic E-state index is 14.0. The van der Waals surface area contributed by atoms with Crippen molar-refractivity contribution in [1.29, 1.82) is 0 Å². The zero-order valence-corrected chi connectivity index (χ0v) is 16.4. The molecule has 0 spiro atoms. The third-order valence-corrected chi connectivity index (χ3v) is 5.76. The quantitative estimate of drug-likeness (QED) is 0.234. The summed E-state index contributed by atoms with van der Waals surface area (Å²) in [5, 5.41) is 2.24. The van der Waals surface area contributed by atoms with Crippen molar-refractivity contribution in [2.24, 2.45) is 10.9 Å². The number of benzene rings is 1. The number of aliphatic imine (C=N–C) groups is 1. The summed E-state index contributed by atoms with van der Waals surface area (Å²) in [6.45, 7) is 2.27. The predicted octanol–water partition coefficient (Wildman–Crippen LogP) is 7.97. The first kappa shape index (κ1) is 20.3. The molecule has 0 heterocycles. The van der Waals surface area contributed by atoms with Gasteiger partial charge >= 0.3 is 0 Å². The molecule has 1 aliphatic carbocycles. The molecule has 0 bridgehead atoms. The van der Waals surface area contributed by atoms with Gasteiger partial charge in [0.25, 0.3) is 0 Å². The van der Waals surface area contributed by atoms with Crippen LogP contribution in [0.2, 0.25) is 0 Å². The number of hydrogen-bond donors (Lipinski definition) is 0. The van der Waals surface area contributed by atoms with Crippen LogP contribution < -0.4 is 0 Å². The van der Waals surface area contributed by atoms with Crippen molar-refractivity contribution < 1.29 is 4.39 Å². The van der Waals surface area contributed by atoms with Gasteiger partial charge in [0.15, 0.2) is 0 Å². The van der Waals surface area contributed by atoms with E-state index in [1.54, 1.807) is 12.1 Å². The van der Waals surface area contributed by atoms with Crippen molar-refractivity contribution in [1.82, 2.24) is 0 Å². The topological polar surface area (TPSA) is 12.4 Å². The highest BCUT2D eigenvalue weighted by atomic mass is 32.1. The minimum absolute atomic E-state index is 0.278. The largest absolute Gasteiger partial charge is 0.205 e. The summed E-state index contributed by atoms with van der Waals surface area (Å²) in [6, 6.07) is 5.39. The Morgan fingerprint density at radius 3 is 2.36 bits per heavy atom. The number of halogens is 1. The minimum atomic E-state index is -0.278. The van der Waals surface area contributed by atoms with Gasteiger partial charge in [0.05, 0.1) is 5.16 Å². The Labute approximate surface area is 158 Å². The molecule has 0 radical (unpaired) electrons. The van der Waals surface area contributed by atoms with Crippen molar-refractivity contribution >= 4 is 23.1 Å². The van der Waals surface area contributed by atoms with Gasteiger partial charge in [-0.2, -0.15) is 4.99 Å². The summed E-state index contributed by atoms with van der Waals surface area (Å²) >= 11 is 4.55. The maximum atomic E-state index is 14.0. The molecule has 1 fully saturated rings. The molecule has 0 aliphatic heterocycles. The van der Waals surface area contributed by atoms with Crippen molar-refractivity contribution in [3.05, 3.63) is 29.6 Å². The van der Waals surface area contributed by atoms with E-state index in [9.17, 15) is 4.39 Å². The summed E-state index contributed by atoms with van der Waals surface area (Å²) in [7, 11) is 0. The number of nitrogens with zero attached hydrogens (tertiary/aromatic N) is 1. The van der Waals surface area contributed by atoms with Gasteiger partial charge in [-0.05, 0) is 67.4 Å². The van der Waals surface area contributed by atoms with Crippen LogP contribution in [0.1, 0.15) is 95.5 Å². The zero-order valence-electron chi connectivity index (χ0n) is 15.6. The minimum Gasteiger partial charge on any atom is -0.205 e. The SMILES string of the molecule is CCCCCCCCCC1CCC(c2ccc(N=C=S)c(F)c2)CC1. The lowest BCUT2D eigenvalue weighted by Gasteiger charge is -2.29. The van der Waals surface area contributed by atoms with Gasteiger partial charge in [-0.15, -0.1) is 0 Å². The number of hydrogen-bond acceptors (Lipinski definition) is 2. The van der Waals surface area contributed by atoms with Crippen LogP contribution in [0, 0.1) is 11.7 Å². The van der Waals surface area contributed by atoms with Crippen molar-refractivity contribution in [3.8, 4) is 0 Å². The number of thiocarbonyl (C=S) groups is 1. The second-order valence-corrected chi connectivity index (χ2v) is 7.72. The Bertz CT molecular complexity index is 557. The van der Waals surface area contributed by atoms with Gasteiger partial charge < -0.3 is 0 Å². The predicted molar refractivity (Wildman–Crippen MR) is 108 cm³/mol. The monoisotopic (exact) mass is 361 g/mol. The van der Waals surface area contributed by atoms with E-state index in [2.05, 4.69) is 29.3 Å². The second kappa shape index (κ2) is 11.5. The van der Waals surface area contributed by atoms with Gasteiger partial charge in [-0.1, -0.05) is 64.4 Å². The lowest BCUT2D eigenvalue weighted by molar-refractivity contribution is 0.301. The van der Waals surface area contributed by atoms with E-state index in [4.69, 9.17) is 0 Å². The van der Waals surface area contributed by atoms with Crippen LogP contribution in [-0.2, 0) is 0 Å². The van der Waals surface area contributed by atoms with Crippen LogP contribution in [0.4, 0.5) is 10.1 Å². The fraction of sp³-hybridized carbons (Fsp3) is 0.682. The fourth-order valence-electron chi connectivity index (χ4n) is 4.09. The number of unbranched alkanes of at least 4 members (excludes halogenated alkanes) is 6. The van der Waals surface area contributed by atoms with Crippen molar-refractivity contribution in [2.45, 2.75) is 89.9 Å². The van der Waals surface area contributed by atoms with E-state index in [0.717, 1.165) is 11.5 Å². The van der Waals surface area contributed by atoms with Gasteiger partial charge in [0, 0.05) is 0 Å². The molecule has 1 aromatic carbocycles. The molecule has 138 valence electrons. The molecule has 25 heavy (non-hydrogen) atoms. The van der Waals surface area contributed by atoms with Crippen LogP contribution in [0.25, 0.3) is 0 Å². The molecule has 1 aromatic rings. The van der Waals surface area contributed by atoms with Crippen LogP contribution in [-0.4, -0.2) is 5.16 Å². The van der Waals surface area contributed by atoms with Crippen LogP contribution >= 0.6 is 12.2 Å². The van der Waals surface area contributed by atoms with E-state index >= 15 is 0 Å². The van der Waals surface area contributed by atoms with Crippen molar-refractivity contribution in [3.63, 3.8) is 0 Å². The summed E-state index contributed by atoms with van der Waals surface area (Å²) in [4.78, 5) is 3.76. The Morgan fingerprint density at radius 2 is 1.72 bits per heavy atom. The van der Waals surface area contributed by atoms with Gasteiger partial charge in [-0.3, -0.25) is 0 Å². The van der Waals surface area contributed by atoms with E-state index in [0.29, 0.717) is 11.6 Å². The molecule has 0 amide bonds. The summed E-state index contributed by atoms with van der Waals surface area (Å²) in [5.74, 6) is 1.11. The Hall–Kier alpha value is -1.05. The molecule has 0 unspecified atom stereocenters. The molecule has 1 nitrogen and oxygen atoms in total. The molecule has 0 aromatic heterocycles. The third-order valence-electron chi connectivity index (χ3n) is 5.67. The standard InChI is InChI=1S/C22H32FNS/c1-2-3-4-5-6-7-8-9-18-10-12-19(13-11-18)20-14-15-22(24-17-25)21(23)16-20/h14-16,18-19H,2-13H2,1H3. The highest BCUT2D eigenvalue weighted by Gasteiger charge is 2.22. The average molecular weight is 362 g/mol. The van der Waals surface area contributed by atoms with E-state index in [1.807, 2.05) is 6.07 Å². The molecule has 1 aliphatic rings. The smallest absolute Gasteiger partial charge is 0.149 e. The zero-order chi connectivity index (χ0) is 17.9. The van der Waals surface area contributed by atoms with E-state index in [-0.39, 0.29) is 5.82 Å². The molecule has 0 saturated heterocycles. The first-order valence-corrected chi connectivity index (χ1v) is 10.5. The Balaban J connectivity index is 1.67. The Morgan fingerprint density at radius 1 is 1.04 bits per heavy atom. The lowest BCUT2D eigenvalue weighted by Crippen LogP contribution is -2.13. The summed E-state index contributed by atoms with van der Waals surface area (Å²) in [6.07, 6.45) is 16.1. The first-order valence-electron chi connectivity index (χ1n) is 10.1. The van der Waals surface area contributed by atoms with Gasteiger partial charge in [0.1, 0.15) is 11.5 Å². The van der Waals surface area contributed by atoms with E-state index < -0.39 is 0 Å². The van der Waals surface area contributed by atoms with Crippen LogP contribution in [0.5, 0.6) is 0 Å². The normalized spacial score (nSPS) is 20.2. The first-order chi connectivity index (χ1) is 12.2. The fourth-order valence-corrected chi connectivity index (χ4v) is 4.19. The van der Waals surface area contributed by atoms with Crippen LogP contribution in [0.15, 0.2) is 23.2 Å². The summed E-state index contributed by atoms with van der Waals surface area (Å²) in [5.41, 5.74) is 1.42. The molecular formula is C22H32FNS. The van der Waals surface area contributed by atoms with Gasteiger partial charge in [0.2, 0.25) is 0 Å². The highest BCUT2D eigenvalue weighted by Crippen LogP contribution is 2.38. The average Bonchev–Trinajstić information content (AvgIpc) is 2.63. The lowest BCUT2D eigenvalue weighted by atomic mass is 9.77. The second-order valence-electron chi connectivity index (χ2n) is 7.54. The summed E-state index contributed by atoms with van der Waals surface area (Å²) < 4.78 is 14.0. The molecule has 0 N–H and O–H groups in total. The molecule has 3 heteroatoms. The van der Waals surface area contributed by atoms with Crippen LogP contribution in [0.3, 0.4) is 0 Å². The van der Waals surface area contributed by atoms with E-state index in [1.165, 1.54) is 77.0 Å². The van der Waals surface area contributed by atoms with Gasteiger partial charge in [-0.25, -0.2) is 4.39 Å². The molecular weight excluding hydrogens is 329 g/mol. The Kier molecular flexibility index (Phi) is 9.36. The maximum Gasteiger partial charge on any atom is 0.149 e. The number of isothiocyanates is 1. The number of rotatable bonds is 10. The van der Waals surface area contributed by atoms with Crippen molar-refractivity contribution in [2.75, 3.05) is 0 Å². The molecule has 0 atom stereocenters. The molecule has 2 rings (SSSR count). The molecule has 1 saturated carbocycles. The highest BCUT2D eigenvalue weighted by molar-refractivity contribution is 7.78. The third kappa shape index (κ3) is 6.99.